The molecule has 0 aliphatic carbocycles. The standard InChI is InChI=1S/C31H39N3O5S/c1-6-39-29-15-11-10-14-27(29)34(40(5,37)38)22-30(35)33(21-26-18-16-24(4)17-19-26)28(31(36)32-23(2)3)20-25-12-8-7-9-13-25/h7-19,23,28H,6,20-22H2,1-5H3,(H,32,36). The van der Waals surface area contributed by atoms with Crippen molar-refractivity contribution in [3.05, 3.63) is 95.6 Å². The van der Waals surface area contributed by atoms with Crippen LogP contribution in [0.25, 0.3) is 0 Å². The van der Waals surface area contributed by atoms with Crippen molar-refractivity contribution in [3.63, 3.8) is 0 Å². The largest absolute Gasteiger partial charge is 0.492 e. The average Bonchev–Trinajstić information content (AvgIpc) is 2.90. The Morgan fingerprint density at radius 3 is 2.12 bits per heavy atom. The highest BCUT2D eigenvalue weighted by molar-refractivity contribution is 7.92. The molecule has 0 aromatic heterocycles. The Bertz CT molecular complexity index is 1380. The predicted molar refractivity (Wildman–Crippen MR) is 159 cm³/mol. The first-order valence-electron chi connectivity index (χ1n) is 13.4. The van der Waals surface area contributed by atoms with E-state index in [-0.39, 0.29) is 30.6 Å². The molecular weight excluding hydrogens is 526 g/mol. The van der Waals surface area contributed by atoms with E-state index in [1.165, 1.54) is 4.90 Å². The minimum absolute atomic E-state index is 0.132. The van der Waals surface area contributed by atoms with E-state index in [9.17, 15) is 18.0 Å². The van der Waals surface area contributed by atoms with Crippen molar-refractivity contribution in [1.29, 1.82) is 0 Å². The van der Waals surface area contributed by atoms with Crippen LogP contribution in [0.1, 0.15) is 37.5 Å². The lowest BCUT2D eigenvalue weighted by atomic mass is 10.0. The van der Waals surface area contributed by atoms with E-state index in [4.69, 9.17) is 4.74 Å². The van der Waals surface area contributed by atoms with Gasteiger partial charge >= 0.3 is 0 Å². The highest BCUT2D eigenvalue weighted by Gasteiger charge is 2.33. The van der Waals surface area contributed by atoms with E-state index in [0.29, 0.717) is 12.4 Å². The normalized spacial score (nSPS) is 12.1. The molecule has 0 saturated heterocycles. The van der Waals surface area contributed by atoms with Crippen LogP contribution in [0, 0.1) is 6.92 Å². The Hall–Kier alpha value is -3.85. The van der Waals surface area contributed by atoms with Crippen molar-refractivity contribution in [1.82, 2.24) is 10.2 Å². The van der Waals surface area contributed by atoms with Crippen LogP contribution in [0.4, 0.5) is 5.69 Å². The molecule has 40 heavy (non-hydrogen) atoms. The molecule has 1 atom stereocenters. The van der Waals surface area contributed by atoms with Crippen molar-refractivity contribution in [2.75, 3.05) is 23.7 Å². The Morgan fingerprint density at radius 1 is 0.900 bits per heavy atom. The van der Waals surface area contributed by atoms with Crippen LogP contribution >= 0.6 is 0 Å². The Balaban J connectivity index is 2.07. The number of amides is 2. The van der Waals surface area contributed by atoms with E-state index in [1.54, 1.807) is 31.2 Å². The zero-order valence-corrected chi connectivity index (χ0v) is 24.6. The highest BCUT2D eigenvalue weighted by atomic mass is 32.2. The molecule has 1 unspecified atom stereocenters. The van der Waals surface area contributed by atoms with Crippen LogP contribution in [-0.2, 0) is 32.6 Å². The number of carbonyl (C=O) groups excluding carboxylic acids is 2. The van der Waals surface area contributed by atoms with E-state index < -0.39 is 28.5 Å². The van der Waals surface area contributed by atoms with Gasteiger partial charge in [0.1, 0.15) is 18.3 Å². The van der Waals surface area contributed by atoms with Gasteiger partial charge in [0.05, 0.1) is 18.6 Å². The summed E-state index contributed by atoms with van der Waals surface area (Å²) in [7, 11) is -3.88. The van der Waals surface area contributed by atoms with Crippen LogP contribution in [0.5, 0.6) is 5.75 Å². The number of hydrogen-bond acceptors (Lipinski definition) is 5. The number of nitrogens with zero attached hydrogens (tertiary/aromatic N) is 2. The third-order valence-electron chi connectivity index (χ3n) is 6.29. The average molecular weight is 566 g/mol. The lowest BCUT2D eigenvalue weighted by Gasteiger charge is -2.34. The van der Waals surface area contributed by atoms with Crippen LogP contribution in [0.3, 0.4) is 0 Å². The minimum Gasteiger partial charge on any atom is -0.492 e. The third kappa shape index (κ3) is 8.58. The molecule has 0 aliphatic heterocycles. The highest BCUT2D eigenvalue weighted by Crippen LogP contribution is 2.30. The second kappa shape index (κ2) is 14.0. The first-order chi connectivity index (χ1) is 19.0. The smallest absolute Gasteiger partial charge is 0.244 e. The van der Waals surface area contributed by atoms with Gasteiger partial charge in [0.25, 0.3) is 0 Å². The molecule has 0 spiro atoms. The SMILES string of the molecule is CCOc1ccccc1N(CC(=O)N(Cc1ccc(C)cc1)C(Cc1ccccc1)C(=O)NC(C)C)S(C)(=O)=O. The first kappa shape index (κ1) is 30.7. The van der Waals surface area contributed by atoms with Gasteiger partial charge in [0.15, 0.2) is 0 Å². The van der Waals surface area contributed by atoms with E-state index in [2.05, 4.69) is 5.32 Å². The number of para-hydroxylation sites is 2. The molecule has 9 heteroatoms. The Kier molecular flexibility index (Phi) is 10.7. The molecular formula is C31H39N3O5S. The van der Waals surface area contributed by atoms with Gasteiger partial charge in [0, 0.05) is 19.0 Å². The van der Waals surface area contributed by atoms with Gasteiger partial charge in [-0.1, -0.05) is 72.3 Å². The number of ether oxygens (including phenoxy) is 1. The summed E-state index contributed by atoms with van der Waals surface area (Å²) >= 11 is 0. The lowest BCUT2D eigenvalue weighted by Crippen LogP contribution is -2.54. The third-order valence-corrected chi connectivity index (χ3v) is 7.41. The van der Waals surface area contributed by atoms with Crippen LogP contribution in [0.2, 0.25) is 0 Å². The fourth-order valence-corrected chi connectivity index (χ4v) is 5.21. The fourth-order valence-electron chi connectivity index (χ4n) is 4.36. The van der Waals surface area contributed by atoms with Gasteiger partial charge in [0.2, 0.25) is 21.8 Å². The molecule has 0 radical (unpaired) electrons. The van der Waals surface area contributed by atoms with Crippen LogP contribution in [0.15, 0.2) is 78.9 Å². The van der Waals surface area contributed by atoms with Gasteiger partial charge in [-0.2, -0.15) is 0 Å². The van der Waals surface area contributed by atoms with Gasteiger partial charge in [-0.05, 0) is 51.0 Å². The first-order valence-corrected chi connectivity index (χ1v) is 15.2. The molecule has 1 N–H and O–H groups in total. The van der Waals surface area contributed by atoms with E-state index >= 15 is 0 Å². The van der Waals surface area contributed by atoms with Crippen molar-refractivity contribution in [2.24, 2.45) is 0 Å². The lowest BCUT2D eigenvalue weighted by molar-refractivity contribution is -0.140. The summed E-state index contributed by atoms with van der Waals surface area (Å²) in [6.45, 7) is 7.47. The molecule has 0 heterocycles. The van der Waals surface area contributed by atoms with E-state index in [0.717, 1.165) is 27.3 Å². The summed E-state index contributed by atoms with van der Waals surface area (Å²) in [4.78, 5) is 29.2. The van der Waals surface area contributed by atoms with Gasteiger partial charge in [-0.15, -0.1) is 0 Å². The quantitative estimate of drug-likeness (QED) is 0.333. The number of aryl methyl sites for hydroxylation is 1. The summed E-state index contributed by atoms with van der Waals surface area (Å²) in [5.41, 5.74) is 3.04. The van der Waals surface area contributed by atoms with Gasteiger partial charge in [-0.25, -0.2) is 8.42 Å². The predicted octanol–water partition coefficient (Wildman–Crippen LogP) is 4.32. The second-order valence-electron chi connectivity index (χ2n) is 10.0. The molecule has 0 bridgehead atoms. The van der Waals surface area contributed by atoms with Crippen molar-refractivity contribution >= 4 is 27.5 Å². The molecule has 2 amide bonds. The maximum absolute atomic E-state index is 14.1. The zero-order chi connectivity index (χ0) is 29.3. The molecule has 0 fully saturated rings. The topological polar surface area (TPSA) is 96.0 Å². The van der Waals surface area contributed by atoms with Crippen molar-refractivity contribution in [3.8, 4) is 5.75 Å². The summed E-state index contributed by atoms with van der Waals surface area (Å²) in [6, 6.07) is 22.9. The number of rotatable bonds is 13. The van der Waals surface area contributed by atoms with Crippen LogP contribution < -0.4 is 14.4 Å². The molecule has 3 aromatic rings. The maximum Gasteiger partial charge on any atom is 0.244 e. The summed E-state index contributed by atoms with van der Waals surface area (Å²) in [5.74, 6) is -0.455. The maximum atomic E-state index is 14.1. The summed E-state index contributed by atoms with van der Waals surface area (Å²) in [5, 5.41) is 2.95. The Morgan fingerprint density at radius 2 is 1.52 bits per heavy atom. The molecule has 214 valence electrons. The summed E-state index contributed by atoms with van der Waals surface area (Å²) in [6.07, 6.45) is 1.33. The van der Waals surface area contributed by atoms with Crippen molar-refractivity contribution in [2.45, 2.75) is 52.7 Å². The number of anilines is 1. The second-order valence-corrected chi connectivity index (χ2v) is 12.0. The minimum atomic E-state index is -3.88. The number of carbonyl (C=O) groups is 2. The molecule has 3 aromatic carbocycles. The van der Waals surface area contributed by atoms with E-state index in [1.807, 2.05) is 75.4 Å². The molecule has 8 nitrogen and oxygen atoms in total. The molecule has 3 rings (SSSR count). The number of hydrogen-bond donors (Lipinski definition) is 1. The molecule has 0 aliphatic rings. The molecule has 0 saturated carbocycles. The van der Waals surface area contributed by atoms with Crippen LogP contribution in [-0.4, -0.2) is 56.6 Å². The number of benzene rings is 3. The van der Waals surface area contributed by atoms with Gasteiger partial charge in [-0.3, -0.25) is 13.9 Å². The zero-order valence-electron chi connectivity index (χ0n) is 23.8. The number of sulfonamides is 1. The fraction of sp³-hybridized carbons (Fsp3) is 0.355. The Labute approximate surface area is 238 Å². The summed E-state index contributed by atoms with van der Waals surface area (Å²) < 4.78 is 32.7. The monoisotopic (exact) mass is 565 g/mol. The van der Waals surface area contributed by atoms with Gasteiger partial charge < -0.3 is 15.0 Å². The van der Waals surface area contributed by atoms with Crippen molar-refractivity contribution < 1.29 is 22.7 Å². The number of nitrogens with one attached hydrogen (secondary N) is 1.